The maximum Gasteiger partial charge on any atom is 0.235 e. The van der Waals surface area contributed by atoms with Crippen LogP contribution in [0.4, 0.5) is 0 Å². The highest BCUT2D eigenvalue weighted by Gasteiger charge is 2.19. The molecule has 0 bridgehead atoms. The zero-order valence-corrected chi connectivity index (χ0v) is 9.67. The van der Waals surface area contributed by atoms with Crippen LogP contribution in [0.1, 0.15) is 20.8 Å². The van der Waals surface area contributed by atoms with Gasteiger partial charge >= 0.3 is 0 Å². The van der Waals surface area contributed by atoms with Gasteiger partial charge in [0, 0.05) is 13.1 Å². The lowest BCUT2D eigenvalue weighted by molar-refractivity contribution is -0.129. The van der Waals surface area contributed by atoms with E-state index >= 15 is 0 Å². The van der Waals surface area contributed by atoms with Crippen molar-refractivity contribution in [2.75, 3.05) is 13.1 Å². The molecule has 5 nitrogen and oxygen atoms in total. The number of nitrogens with zero attached hydrogens (tertiary/aromatic N) is 2. The summed E-state index contributed by atoms with van der Waals surface area (Å²) < 4.78 is 0. The summed E-state index contributed by atoms with van der Waals surface area (Å²) in [6.45, 7) is 7.10. The Morgan fingerprint density at radius 3 is 2.36 bits per heavy atom. The molecular formula is C8H18N4OS. The topological polar surface area (TPSA) is 84.7 Å². The molecule has 0 radical (unpaired) electrons. The zero-order valence-electron chi connectivity index (χ0n) is 8.86. The van der Waals surface area contributed by atoms with Crippen LogP contribution in [-0.4, -0.2) is 34.3 Å². The fraction of sp³-hybridized carbons (Fsp3) is 0.750. The van der Waals surface area contributed by atoms with Crippen molar-refractivity contribution in [1.82, 2.24) is 4.90 Å². The van der Waals surface area contributed by atoms with E-state index in [0.29, 0.717) is 13.1 Å². The summed E-state index contributed by atoms with van der Waals surface area (Å²) in [5.74, 6) is 5.04. The number of hydrogen-bond donors (Lipinski definition) is 2. The molecule has 0 aromatic heterocycles. The molecule has 0 aliphatic rings. The molecule has 14 heavy (non-hydrogen) atoms. The van der Waals surface area contributed by atoms with E-state index in [-0.39, 0.29) is 16.3 Å². The average molecular weight is 218 g/mol. The Hall–Kier alpha value is -0.910. The van der Waals surface area contributed by atoms with Crippen molar-refractivity contribution < 1.29 is 4.79 Å². The molecule has 0 aliphatic heterocycles. The summed E-state index contributed by atoms with van der Waals surface area (Å²) in [6.07, 6.45) is 0. The standard InChI is InChI=1S/C8H18N4OS/c1-4-12(5-2)7(13)6(3)14-8(9)11-10/h6H,4-5,10H2,1-3H3,(H2,9,11). The summed E-state index contributed by atoms with van der Waals surface area (Å²) in [5, 5.41) is 3.31. The first-order valence-corrected chi connectivity index (χ1v) is 5.43. The first-order chi connectivity index (χ1) is 6.56. The maximum absolute atomic E-state index is 11.7. The van der Waals surface area contributed by atoms with Crippen molar-refractivity contribution >= 4 is 22.8 Å². The summed E-state index contributed by atoms with van der Waals surface area (Å²) >= 11 is 1.18. The number of carbonyl (C=O) groups excluding carboxylic acids is 1. The molecule has 1 amide bonds. The van der Waals surface area contributed by atoms with Crippen LogP contribution in [0.25, 0.3) is 0 Å². The lowest BCUT2D eigenvalue weighted by Gasteiger charge is -2.22. The first kappa shape index (κ1) is 13.1. The molecule has 0 saturated heterocycles. The monoisotopic (exact) mass is 218 g/mol. The summed E-state index contributed by atoms with van der Waals surface area (Å²) in [7, 11) is 0. The van der Waals surface area contributed by atoms with E-state index in [4.69, 9.17) is 11.6 Å². The van der Waals surface area contributed by atoms with Crippen molar-refractivity contribution in [3.63, 3.8) is 0 Å². The normalized spacial score (nSPS) is 13.8. The number of amidine groups is 1. The quantitative estimate of drug-likeness (QED) is 0.305. The van der Waals surface area contributed by atoms with Crippen LogP contribution in [0.15, 0.2) is 5.10 Å². The van der Waals surface area contributed by atoms with Gasteiger partial charge in [0.1, 0.15) is 0 Å². The minimum absolute atomic E-state index is 0.0617. The Labute approximate surface area is 88.9 Å². The number of thioether (sulfide) groups is 1. The van der Waals surface area contributed by atoms with Gasteiger partial charge in [0.2, 0.25) is 5.91 Å². The molecule has 0 rings (SSSR count). The maximum atomic E-state index is 11.7. The molecule has 1 unspecified atom stereocenters. The molecule has 0 saturated carbocycles. The highest BCUT2D eigenvalue weighted by molar-refractivity contribution is 8.14. The molecule has 0 fully saturated rings. The Morgan fingerprint density at radius 2 is 2.00 bits per heavy atom. The van der Waals surface area contributed by atoms with Gasteiger partial charge in [-0.1, -0.05) is 11.8 Å². The minimum Gasteiger partial charge on any atom is -0.377 e. The lowest BCUT2D eigenvalue weighted by atomic mass is 10.4. The molecular weight excluding hydrogens is 200 g/mol. The molecule has 0 aliphatic carbocycles. The predicted molar refractivity (Wildman–Crippen MR) is 60.8 cm³/mol. The van der Waals surface area contributed by atoms with E-state index in [1.54, 1.807) is 11.8 Å². The number of hydrogen-bond acceptors (Lipinski definition) is 4. The van der Waals surface area contributed by atoms with Gasteiger partial charge in [0.25, 0.3) is 0 Å². The van der Waals surface area contributed by atoms with Crippen molar-refractivity contribution in [1.29, 1.82) is 0 Å². The molecule has 0 aromatic carbocycles. The van der Waals surface area contributed by atoms with Crippen molar-refractivity contribution in [3.05, 3.63) is 0 Å². The van der Waals surface area contributed by atoms with Gasteiger partial charge in [0.15, 0.2) is 5.17 Å². The third kappa shape index (κ3) is 3.87. The molecule has 6 heteroatoms. The van der Waals surface area contributed by atoms with E-state index in [1.165, 1.54) is 11.8 Å². The van der Waals surface area contributed by atoms with Crippen LogP contribution in [0, 0.1) is 0 Å². The van der Waals surface area contributed by atoms with E-state index in [9.17, 15) is 4.79 Å². The third-order valence-corrected chi connectivity index (χ3v) is 2.75. The van der Waals surface area contributed by atoms with Crippen molar-refractivity contribution in [3.8, 4) is 0 Å². The second-order valence-corrected chi connectivity index (χ2v) is 4.10. The third-order valence-electron chi connectivity index (χ3n) is 1.85. The van der Waals surface area contributed by atoms with Gasteiger partial charge in [-0.05, 0) is 20.8 Å². The van der Waals surface area contributed by atoms with Gasteiger partial charge in [-0.2, -0.15) is 5.10 Å². The van der Waals surface area contributed by atoms with E-state index in [2.05, 4.69) is 5.10 Å². The number of nitrogens with two attached hydrogens (primary N) is 2. The van der Waals surface area contributed by atoms with Crippen LogP contribution < -0.4 is 11.6 Å². The van der Waals surface area contributed by atoms with E-state index < -0.39 is 0 Å². The van der Waals surface area contributed by atoms with Gasteiger partial charge < -0.3 is 16.5 Å². The highest BCUT2D eigenvalue weighted by Crippen LogP contribution is 2.12. The largest absolute Gasteiger partial charge is 0.377 e. The van der Waals surface area contributed by atoms with E-state index in [0.717, 1.165) is 0 Å². The number of rotatable bonds is 4. The van der Waals surface area contributed by atoms with Crippen LogP contribution in [0.3, 0.4) is 0 Å². The van der Waals surface area contributed by atoms with Gasteiger partial charge in [0.05, 0.1) is 5.25 Å². The first-order valence-electron chi connectivity index (χ1n) is 4.55. The summed E-state index contributed by atoms with van der Waals surface area (Å²) in [6, 6.07) is 0. The van der Waals surface area contributed by atoms with Crippen molar-refractivity contribution in [2.45, 2.75) is 26.0 Å². The second-order valence-electron chi connectivity index (χ2n) is 2.74. The number of carbonyl (C=O) groups is 1. The van der Waals surface area contributed by atoms with E-state index in [1.807, 2.05) is 13.8 Å². The fourth-order valence-electron chi connectivity index (χ4n) is 1.05. The van der Waals surface area contributed by atoms with Crippen molar-refractivity contribution in [2.24, 2.45) is 16.7 Å². The second kappa shape index (κ2) is 6.53. The number of hydrazone groups is 1. The SMILES string of the molecule is CCN(CC)C(=O)C(C)SC(N)=NN. The lowest BCUT2D eigenvalue weighted by Crippen LogP contribution is -2.37. The molecule has 0 heterocycles. The Bertz CT molecular complexity index is 215. The summed E-state index contributed by atoms with van der Waals surface area (Å²) in [5.41, 5.74) is 5.41. The minimum atomic E-state index is -0.234. The fourth-order valence-corrected chi connectivity index (χ4v) is 1.73. The summed E-state index contributed by atoms with van der Waals surface area (Å²) in [4.78, 5) is 13.5. The van der Waals surface area contributed by atoms with Gasteiger partial charge in [-0.25, -0.2) is 0 Å². The van der Waals surface area contributed by atoms with Crippen LogP contribution in [0.2, 0.25) is 0 Å². The Kier molecular flexibility index (Phi) is 6.11. The number of amides is 1. The van der Waals surface area contributed by atoms with Gasteiger partial charge in [-0.15, -0.1) is 0 Å². The smallest absolute Gasteiger partial charge is 0.235 e. The molecule has 4 N–H and O–H groups in total. The van der Waals surface area contributed by atoms with Crippen LogP contribution >= 0.6 is 11.8 Å². The average Bonchev–Trinajstić information content (AvgIpc) is 2.19. The Morgan fingerprint density at radius 1 is 1.50 bits per heavy atom. The van der Waals surface area contributed by atoms with Gasteiger partial charge in [-0.3, -0.25) is 4.79 Å². The Balaban J connectivity index is 4.23. The highest BCUT2D eigenvalue weighted by atomic mass is 32.2. The molecule has 0 spiro atoms. The van der Waals surface area contributed by atoms with Crippen LogP contribution in [0.5, 0.6) is 0 Å². The predicted octanol–water partition coefficient (Wildman–Crippen LogP) is 0.165. The molecule has 82 valence electrons. The molecule has 1 atom stereocenters. The zero-order chi connectivity index (χ0) is 11.1. The van der Waals surface area contributed by atoms with Crippen LogP contribution in [-0.2, 0) is 4.79 Å². The molecule has 0 aromatic rings.